The van der Waals surface area contributed by atoms with Gasteiger partial charge in [0.25, 0.3) is 5.91 Å². The first kappa shape index (κ1) is 12.4. The normalized spacial score (nSPS) is 14.1. The number of ether oxygens (including phenoxy) is 1. The Kier molecular flexibility index (Phi) is 3.23. The first-order valence-electron chi connectivity index (χ1n) is 5.81. The van der Waals surface area contributed by atoms with Crippen molar-refractivity contribution < 1.29 is 14.3 Å². The second-order valence-electron chi connectivity index (χ2n) is 4.59. The maximum atomic E-state index is 12.0. The summed E-state index contributed by atoms with van der Waals surface area (Å²) in [7, 11) is 3.34. The van der Waals surface area contributed by atoms with Crippen molar-refractivity contribution >= 4 is 11.8 Å². The zero-order valence-corrected chi connectivity index (χ0v) is 10.5. The van der Waals surface area contributed by atoms with E-state index in [2.05, 4.69) is 0 Å². The summed E-state index contributed by atoms with van der Waals surface area (Å²) in [5.74, 6) is -0.242. The van der Waals surface area contributed by atoms with Gasteiger partial charge in [0.2, 0.25) is 5.91 Å². The van der Waals surface area contributed by atoms with Gasteiger partial charge < -0.3 is 15.4 Å². The molecule has 1 aromatic rings. The molecule has 0 unspecified atom stereocenters. The molecule has 18 heavy (non-hydrogen) atoms. The average Bonchev–Trinajstić information content (AvgIpc) is 3.11. The van der Waals surface area contributed by atoms with Gasteiger partial charge in [-0.2, -0.15) is 0 Å². The van der Waals surface area contributed by atoms with Crippen molar-refractivity contribution in [3.05, 3.63) is 29.3 Å². The van der Waals surface area contributed by atoms with E-state index in [1.807, 2.05) is 0 Å². The number of hydrogen-bond donors (Lipinski definition) is 1. The number of carbonyl (C=O) groups excluding carboxylic acids is 2. The maximum Gasteiger partial charge on any atom is 0.257 e. The molecule has 0 spiro atoms. The standard InChI is InChI=1S/C13H16N2O3/c1-15(2)13(17)10-6-3-8(12(14)16)7-11(10)18-9-4-5-9/h3,6-7,9H,4-5H2,1-2H3,(H2,14,16). The Morgan fingerprint density at radius 3 is 2.50 bits per heavy atom. The van der Waals surface area contributed by atoms with Gasteiger partial charge in [0.1, 0.15) is 5.75 Å². The Balaban J connectivity index is 2.37. The van der Waals surface area contributed by atoms with Gasteiger partial charge >= 0.3 is 0 Å². The molecule has 1 aliphatic carbocycles. The summed E-state index contributed by atoms with van der Waals surface area (Å²) < 4.78 is 5.66. The lowest BCUT2D eigenvalue weighted by Gasteiger charge is -2.15. The van der Waals surface area contributed by atoms with Crippen LogP contribution in [0.4, 0.5) is 0 Å². The lowest BCUT2D eigenvalue weighted by Crippen LogP contribution is -2.23. The minimum atomic E-state index is -0.528. The van der Waals surface area contributed by atoms with Crippen LogP contribution < -0.4 is 10.5 Å². The van der Waals surface area contributed by atoms with E-state index < -0.39 is 5.91 Å². The minimum absolute atomic E-state index is 0.151. The molecule has 0 radical (unpaired) electrons. The third-order valence-electron chi connectivity index (χ3n) is 2.72. The van der Waals surface area contributed by atoms with Gasteiger partial charge in [0, 0.05) is 19.7 Å². The van der Waals surface area contributed by atoms with E-state index in [4.69, 9.17) is 10.5 Å². The lowest BCUT2D eigenvalue weighted by atomic mass is 10.1. The van der Waals surface area contributed by atoms with Crippen molar-refractivity contribution in [1.82, 2.24) is 4.90 Å². The van der Waals surface area contributed by atoms with Crippen LogP contribution in [0.1, 0.15) is 33.6 Å². The molecule has 96 valence electrons. The molecule has 1 aliphatic rings. The van der Waals surface area contributed by atoms with Gasteiger partial charge in [-0.1, -0.05) is 0 Å². The quantitative estimate of drug-likeness (QED) is 0.864. The second-order valence-corrected chi connectivity index (χ2v) is 4.59. The smallest absolute Gasteiger partial charge is 0.257 e. The molecular weight excluding hydrogens is 232 g/mol. The summed E-state index contributed by atoms with van der Waals surface area (Å²) in [5, 5.41) is 0. The van der Waals surface area contributed by atoms with Crippen LogP contribution >= 0.6 is 0 Å². The molecule has 5 heteroatoms. The van der Waals surface area contributed by atoms with Gasteiger partial charge in [-0.05, 0) is 31.0 Å². The highest BCUT2D eigenvalue weighted by Gasteiger charge is 2.26. The van der Waals surface area contributed by atoms with Gasteiger partial charge in [-0.15, -0.1) is 0 Å². The summed E-state index contributed by atoms with van der Waals surface area (Å²) in [5.41, 5.74) is 6.03. The van der Waals surface area contributed by atoms with Crippen LogP contribution in [0.25, 0.3) is 0 Å². The molecule has 0 saturated heterocycles. The third-order valence-corrected chi connectivity index (χ3v) is 2.72. The topological polar surface area (TPSA) is 72.6 Å². The lowest BCUT2D eigenvalue weighted by molar-refractivity contribution is 0.0822. The Bertz CT molecular complexity index is 493. The Morgan fingerprint density at radius 2 is 2.00 bits per heavy atom. The molecule has 2 rings (SSSR count). The fourth-order valence-electron chi connectivity index (χ4n) is 1.56. The molecule has 2 amide bonds. The van der Waals surface area contributed by atoms with E-state index in [1.165, 1.54) is 11.0 Å². The van der Waals surface area contributed by atoms with Crippen molar-refractivity contribution in [2.24, 2.45) is 5.73 Å². The Labute approximate surface area is 106 Å². The first-order chi connectivity index (χ1) is 8.49. The number of carbonyl (C=O) groups is 2. The van der Waals surface area contributed by atoms with Crippen LogP contribution in [-0.4, -0.2) is 36.9 Å². The molecule has 0 aromatic heterocycles. The number of hydrogen-bond acceptors (Lipinski definition) is 3. The molecule has 1 aromatic carbocycles. The fraction of sp³-hybridized carbons (Fsp3) is 0.385. The van der Waals surface area contributed by atoms with E-state index in [0.717, 1.165) is 12.8 Å². The van der Waals surface area contributed by atoms with Crippen LogP contribution in [0.15, 0.2) is 18.2 Å². The van der Waals surface area contributed by atoms with E-state index in [9.17, 15) is 9.59 Å². The van der Waals surface area contributed by atoms with Gasteiger partial charge in [0.05, 0.1) is 11.7 Å². The fourth-order valence-corrected chi connectivity index (χ4v) is 1.56. The number of nitrogens with two attached hydrogens (primary N) is 1. The number of primary amides is 1. The van der Waals surface area contributed by atoms with Crippen molar-refractivity contribution in [1.29, 1.82) is 0 Å². The molecule has 5 nitrogen and oxygen atoms in total. The predicted octanol–water partition coefficient (Wildman–Crippen LogP) is 1.03. The van der Waals surface area contributed by atoms with E-state index in [1.54, 1.807) is 26.2 Å². The van der Waals surface area contributed by atoms with Crippen molar-refractivity contribution in [2.75, 3.05) is 14.1 Å². The summed E-state index contributed by atoms with van der Waals surface area (Å²) in [6.45, 7) is 0. The summed E-state index contributed by atoms with van der Waals surface area (Å²) in [6, 6.07) is 4.66. The highest BCUT2D eigenvalue weighted by atomic mass is 16.5. The molecule has 0 atom stereocenters. The largest absolute Gasteiger partial charge is 0.490 e. The van der Waals surface area contributed by atoms with Crippen LogP contribution in [0.3, 0.4) is 0 Å². The number of rotatable bonds is 4. The molecule has 1 saturated carbocycles. The van der Waals surface area contributed by atoms with Crippen LogP contribution in [0.5, 0.6) is 5.75 Å². The van der Waals surface area contributed by atoms with E-state index in [0.29, 0.717) is 16.9 Å². The van der Waals surface area contributed by atoms with E-state index >= 15 is 0 Å². The SMILES string of the molecule is CN(C)C(=O)c1ccc(C(N)=O)cc1OC1CC1. The molecule has 2 N–H and O–H groups in total. The molecule has 1 fully saturated rings. The van der Waals surface area contributed by atoms with Crippen molar-refractivity contribution in [3.8, 4) is 5.75 Å². The first-order valence-corrected chi connectivity index (χ1v) is 5.81. The monoisotopic (exact) mass is 248 g/mol. The van der Waals surface area contributed by atoms with Gasteiger partial charge in [-0.25, -0.2) is 0 Å². The average molecular weight is 248 g/mol. The van der Waals surface area contributed by atoms with Crippen molar-refractivity contribution in [2.45, 2.75) is 18.9 Å². The third kappa shape index (κ3) is 2.61. The van der Waals surface area contributed by atoms with Crippen molar-refractivity contribution in [3.63, 3.8) is 0 Å². The number of nitrogens with zero attached hydrogens (tertiary/aromatic N) is 1. The van der Waals surface area contributed by atoms with Gasteiger partial charge in [-0.3, -0.25) is 9.59 Å². The predicted molar refractivity (Wildman–Crippen MR) is 66.6 cm³/mol. The Morgan fingerprint density at radius 1 is 1.33 bits per heavy atom. The number of amides is 2. The minimum Gasteiger partial charge on any atom is -0.490 e. The molecule has 0 heterocycles. The molecule has 0 bridgehead atoms. The Hall–Kier alpha value is -2.04. The van der Waals surface area contributed by atoms with Gasteiger partial charge in [0.15, 0.2) is 0 Å². The zero-order valence-electron chi connectivity index (χ0n) is 10.5. The summed E-state index contributed by atoms with van der Waals surface area (Å²) >= 11 is 0. The summed E-state index contributed by atoms with van der Waals surface area (Å²) in [6.07, 6.45) is 2.12. The van der Waals surface area contributed by atoms with E-state index in [-0.39, 0.29) is 12.0 Å². The number of benzene rings is 1. The zero-order chi connectivity index (χ0) is 13.3. The maximum absolute atomic E-state index is 12.0. The van der Waals surface area contributed by atoms with Crippen LogP contribution in [0, 0.1) is 0 Å². The molecular formula is C13H16N2O3. The molecule has 0 aliphatic heterocycles. The van der Waals surface area contributed by atoms with Crippen LogP contribution in [-0.2, 0) is 0 Å². The highest BCUT2D eigenvalue weighted by molar-refractivity contribution is 5.99. The van der Waals surface area contributed by atoms with Crippen LogP contribution in [0.2, 0.25) is 0 Å². The highest BCUT2D eigenvalue weighted by Crippen LogP contribution is 2.30. The summed E-state index contributed by atoms with van der Waals surface area (Å²) in [4.78, 5) is 24.6. The second kappa shape index (κ2) is 4.68.